The molecule has 6 heteroatoms. The summed E-state index contributed by atoms with van der Waals surface area (Å²) in [5, 5.41) is 0.906. The first-order chi connectivity index (χ1) is 9.11. The quantitative estimate of drug-likeness (QED) is 0.867. The maximum atomic E-state index is 11.5. The zero-order valence-electron chi connectivity index (χ0n) is 10.8. The van der Waals surface area contributed by atoms with E-state index < -0.39 is 5.97 Å². The van der Waals surface area contributed by atoms with Crippen LogP contribution in [0.2, 0.25) is 0 Å². The number of rotatable bonds is 4. The number of thiophene rings is 1. The SMILES string of the molecule is COC(=O)c1sc(N(C)Cc2ccccn2)cc1N. The number of hydrogen-bond donors (Lipinski definition) is 1. The van der Waals surface area contributed by atoms with Crippen LogP contribution in [0.4, 0.5) is 10.7 Å². The minimum Gasteiger partial charge on any atom is -0.465 e. The van der Waals surface area contributed by atoms with Crippen LogP contribution < -0.4 is 10.6 Å². The molecule has 2 rings (SSSR count). The number of hydrogen-bond acceptors (Lipinski definition) is 6. The lowest BCUT2D eigenvalue weighted by molar-refractivity contribution is 0.0607. The largest absolute Gasteiger partial charge is 0.465 e. The average molecular weight is 277 g/mol. The molecule has 100 valence electrons. The molecule has 19 heavy (non-hydrogen) atoms. The predicted molar refractivity (Wildman–Crippen MR) is 76.4 cm³/mol. The fraction of sp³-hybridized carbons (Fsp3) is 0.231. The zero-order chi connectivity index (χ0) is 13.8. The zero-order valence-corrected chi connectivity index (χ0v) is 11.6. The molecule has 2 aromatic rings. The van der Waals surface area contributed by atoms with E-state index >= 15 is 0 Å². The first-order valence-corrected chi connectivity index (χ1v) is 6.52. The molecule has 0 bridgehead atoms. The van der Waals surface area contributed by atoms with Crippen LogP contribution in [0.1, 0.15) is 15.4 Å². The molecule has 0 unspecified atom stereocenters. The molecule has 2 aromatic heterocycles. The van der Waals surface area contributed by atoms with Crippen molar-refractivity contribution in [2.24, 2.45) is 0 Å². The lowest BCUT2D eigenvalue weighted by atomic mass is 10.3. The lowest BCUT2D eigenvalue weighted by Gasteiger charge is -2.15. The summed E-state index contributed by atoms with van der Waals surface area (Å²) in [6.07, 6.45) is 1.76. The second-order valence-corrected chi connectivity index (χ2v) is 5.07. The van der Waals surface area contributed by atoms with Gasteiger partial charge in [-0.2, -0.15) is 0 Å². The van der Waals surface area contributed by atoms with Crippen molar-refractivity contribution in [3.8, 4) is 0 Å². The van der Waals surface area contributed by atoms with Gasteiger partial charge in [0.1, 0.15) is 4.88 Å². The van der Waals surface area contributed by atoms with Crippen LogP contribution in [0.25, 0.3) is 0 Å². The van der Waals surface area contributed by atoms with Crippen molar-refractivity contribution >= 4 is 28.0 Å². The first-order valence-electron chi connectivity index (χ1n) is 5.70. The van der Waals surface area contributed by atoms with E-state index in [1.807, 2.05) is 30.1 Å². The Morgan fingerprint density at radius 1 is 1.53 bits per heavy atom. The Balaban J connectivity index is 2.16. The van der Waals surface area contributed by atoms with Crippen LogP contribution in [-0.4, -0.2) is 25.1 Å². The molecular weight excluding hydrogens is 262 g/mol. The Kier molecular flexibility index (Phi) is 4.01. The molecule has 0 spiro atoms. The van der Waals surface area contributed by atoms with Gasteiger partial charge in [-0.15, -0.1) is 11.3 Å². The van der Waals surface area contributed by atoms with Crippen molar-refractivity contribution in [3.05, 3.63) is 41.0 Å². The van der Waals surface area contributed by atoms with Crippen LogP contribution in [-0.2, 0) is 11.3 Å². The number of nitrogens with two attached hydrogens (primary N) is 1. The highest BCUT2D eigenvalue weighted by Gasteiger charge is 2.16. The van der Waals surface area contributed by atoms with Crippen molar-refractivity contribution in [2.45, 2.75) is 6.54 Å². The van der Waals surface area contributed by atoms with E-state index in [2.05, 4.69) is 9.72 Å². The molecule has 0 aliphatic carbocycles. The molecule has 0 amide bonds. The Morgan fingerprint density at radius 3 is 2.95 bits per heavy atom. The fourth-order valence-corrected chi connectivity index (χ4v) is 2.60. The summed E-state index contributed by atoms with van der Waals surface area (Å²) in [4.78, 5) is 18.2. The van der Waals surface area contributed by atoms with Crippen molar-refractivity contribution in [3.63, 3.8) is 0 Å². The predicted octanol–water partition coefficient (Wildman–Crippen LogP) is 2.15. The molecule has 0 aliphatic heterocycles. The first kappa shape index (κ1) is 13.4. The normalized spacial score (nSPS) is 10.2. The number of ether oxygens (including phenoxy) is 1. The van der Waals surface area contributed by atoms with Gasteiger partial charge in [0.2, 0.25) is 0 Å². The van der Waals surface area contributed by atoms with Gasteiger partial charge in [-0.05, 0) is 18.2 Å². The minimum atomic E-state index is -0.403. The highest BCUT2D eigenvalue weighted by Crippen LogP contribution is 2.32. The van der Waals surface area contributed by atoms with E-state index in [-0.39, 0.29) is 0 Å². The number of nitrogens with zero attached hydrogens (tertiary/aromatic N) is 2. The summed E-state index contributed by atoms with van der Waals surface area (Å²) in [6, 6.07) is 7.55. The van der Waals surface area contributed by atoms with Crippen LogP contribution in [0.15, 0.2) is 30.5 Å². The molecule has 0 saturated carbocycles. The number of methoxy groups -OCH3 is 1. The van der Waals surface area contributed by atoms with Crippen molar-refractivity contribution in [1.82, 2.24) is 4.98 Å². The number of esters is 1. The number of nitrogen functional groups attached to an aromatic ring is 1. The summed E-state index contributed by atoms with van der Waals surface area (Å²) in [7, 11) is 3.28. The fourth-order valence-electron chi connectivity index (χ4n) is 1.64. The number of carbonyl (C=O) groups excluding carboxylic acids is 1. The van der Waals surface area contributed by atoms with Gasteiger partial charge in [-0.1, -0.05) is 6.07 Å². The van der Waals surface area contributed by atoms with E-state index in [1.165, 1.54) is 18.4 Å². The third-order valence-corrected chi connectivity index (χ3v) is 3.87. The van der Waals surface area contributed by atoms with Crippen molar-refractivity contribution in [2.75, 3.05) is 24.8 Å². The summed E-state index contributed by atoms with van der Waals surface area (Å²) in [5.41, 5.74) is 7.22. The topological polar surface area (TPSA) is 68.5 Å². The van der Waals surface area contributed by atoms with Crippen molar-refractivity contribution < 1.29 is 9.53 Å². The average Bonchev–Trinajstić information content (AvgIpc) is 2.81. The Labute approximate surface area is 115 Å². The molecule has 0 radical (unpaired) electrons. The van der Waals surface area contributed by atoms with Gasteiger partial charge in [-0.3, -0.25) is 4.98 Å². The molecule has 5 nitrogen and oxygen atoms in total. The van der Waals surface area contributed by atoms with Gasteiger partial charge in [0.05, 0.1) is 30.0 Å². The van der Waals surface area contributed by atoms with E-state index in [9.17, 15) is 4.79 Å². The molecular formula is C13H15N3O2S. The van der Waals surface area contributed by atoms with Crippen LogP contribution >= 0.6 is 11.3 Å². The number of pyridine rings is 1. The van der Waals surface area contributed by atoms with Gasteiger partial charge in [-0.25, -0.2) is 4.79 Å². The van der Waals surface area contributed by atoms with Gasteiger partial charge < -0.3 is 15.4 Å². The van der Waals surface area contributed by atoms with E-state index in [0.29, 0.717) is 17.1 Å². The molecule has 0 saturated heterocycles. The molecule has 2 heterocycles. The van der Waals surface area contributed by atoms with Gasteiger partial charge >= 0.3 is 5.97 Å². The molecule has 0 fully saturated rings. The standard InChI is InChI=1S/C13H15N3O2S/c1-16(8-9-5-3-4-6-15-9)11-7-10(14)12(19-11)13(17)18-2/h3-7H,8,14H2,1-2H3. The second kappa shape index (κ2) is 5.71. The molecule has 0 aliphatic rings. The second-order valence-electron chi connectivity index (χ2n) is 4.04. The van der Waals surface area contributed by atoms with E-state index in [1.54, 1.807) is 12.3 Å². The Hall–Kier alpha value is -2.08. The van der Waals surface area contributed by atoms with Gasteiger partial charge in [0, 0.05) is 13.2 Å². The van der Waals surface area contributed by atoms with Crippen LogP contribution in [0, 0.1) is 0 Å². The number of anilines is 2. The van der Waals surface area contributed by atoms with E-state index in [0.717, 1.165) is 10.7 Å². The monoisotopic (exact) mass is 277 g/mol. The Bertz CT molecular complexity index is 569. The molecule has 0 aromatic carbocycles. The third-order valence-electron chi connectivity index (χ3n) is 2.62. The smallest absolute Gasteiger partial charge is 0.350 e. The van der Waals surface area contributed by atoms with Gasteiger partial charge in [0.25, 0.3) is 0 Å². The maximum Gasteiger partial charge on any atom is 0.350 e. The van der Waals surface area contributed by atoms with Crippen LogP contribution in [0.3, 0.4) is 0 Å². The molecule has 2 N–H and O–H groups in total. The van der Waals surface area contributed by atoms with Gasteiger partial charge in [0.15, 0.2) is 0 Å². The summed E-state index contributed by atoms with van der Waals surface area (Å²) in [5.74, 6) is -0.403. The third kappa shape index (κ3) is 3.03. The van der Waals surface area contributed by atoms with Crippen LogP contribution in [0.5, 0.6) is 0 Å². The highest BCUT2D eigenvalue weighted by molar-refractivity contribution is 7.18. The lowest BCUT2D eigenvalue weighted by Crippen LogP contribution is -2.15. The van der Waals surface area contributed by atoms with Crippen molar-refractivity contribution in [1.29, 1.82) is 0 Å². The summed E-state index contributed by atoms with van der Waals surface area (Å²) >= 11 is 1.32. The van der Waals surface area contributed by atoms with E-state index in [4.69, 9.17) is 5.73 Å². The number of aromatic nitrogens is 1. The minimum absolute atomic E-state index is 0.403. The summed E-state index contributed by atoms with van der Waals surface area (Å²) in [6.45, 7) is 0.654. The Morgan fingerprint density at radius 2 is 2.32 bits per heavy atom. The maximum absolute atomic E-state index is 11.5. The highest BCUT2D eigenvalue weighted by atomic mass is 32.1. The summed E-state index contributed by atoms with van der Waals surface area (Å²) < 4.78 is 4.69. The number of carbonyl (C=O) groups is 1. The molecule has 0 atom stereocenters.